The topological polar surface area (TPSA) is 86.8 Å². The fourth-order valence-corrected chi connectivity index (χ4v) is 4.02. The van der Waals surface area contributed by atoms with E-state index in [1.165, 1.54) is 0 Å². The first-order valence-electron chi connectivity index (χ1n) is 10.4. The zero-order valence-electron chi connectivity index (χ0n) is 18.3. The van der Waals surface area contributed by atoms with Crippen LogP contribution in [-0.4, -0.2) is 40.5 Å². The second-order valence-electron chi connectivity index (χ2n) is 8.11. The minimum atomic E-state index is -0.0234. The fourth-order valence-electron chi connectivity index (χ4n) is 4.02. The molecule has 0 radical (unpaired) electrons. The molecule has 0 aliphatic carbocycles. The predicted molar refractivity (Wildman–Crippen MR) is 130 cm³/mol. The largest absolute Gasteiger partial charge is 0.399 e. The average molecular weight is 427 g/mol. The first-order valence-corrected chi connectivity index (χ1v) is 10.4. The van der Waals surface area contributed by atoms with Crippen molar-refractivity contribution in [3.63, 3.8) is 0 Å². The summed E-state index contributed by atoms with van der Waals surface area (Å²) in [6.07, 6.45) is 7.71. The monoisotopic (exact) mass is 426 g/mol. The Labute approximate surface area is 187 Å². The lowest BCUT2D eigenvalue weighted by molar-refractivity contribution is 0.334. The van der Waals surface area contributed by atoms with Crippen LogP contribution >= 0.6 is 0 Å². The van der Waals surface area contributed by atoms with Crippen molar-refractivity contribution in [2.75, 3.05) is 37.1 Å². The van der Waals surface area contributed by atoms with Gasteiger partial charge in [-0.05, 0) is 35.9 Å². The molecule has 0 spiro atoms. The van der Waals surface area contributed by atoms with Crippen LogP contribution in [-0.2, 0) is 0 Å². The van der Waals surface area contributed by atoms with Gasteiger partial charge in [-0.2, -0.15) is 0 Å². The van der Waals surface area contributed by atoms with Gasteiger partial charge in [-0.15, -0.1) is 0 Å². The van der Waals surface area contributed by atoms with E-state index in [2.05, 4.69) is 49.4 Å². The highest BCUT2D eigenvalue weighted by atomic mass is 15.5. The van der Waals surface area contributed by atoms with Crippen molar-refractivity contribution in [1.29, 1.82) is 0 Å². The molecule has 8 nitrogen and oxygen atoms in total. The van der Waals surface area contributed by atoms with E-state index in [4.69, 9.17) is 10.7 Å². The number of nitrogen functional groups attached to an aromatic ring is 1. The number of nitrogens with one attached hydrogen (secondary N) is 2. The van der Waals surface area contributed by atoms with Gasteiger partial charge in [0.05, 0.1) is 17.9 Å². The number of imidazole rings is 1. The van der Waals surface area contributed by atoms with E-state index in [0.717, 1.165) is 39.5 Å². The van der Waals surface area contributed by atoms with Crippen molar-refractivity contribution >= 4 is 34.1 Å². The summed E-state index contributed by atoms with van der Waals surface area (Å²) in [5.41, 5.74) is 16.3. The molecule has 2 aromatic carbocycles. The van der Waals surface area contributed by atoms with Crippen LogP contribution in [0.5, 0.6) is 0 Å². The molecule has 4 aromatic rings. The van der Waals surface area contributed by atoms with Gasteiger partial charge in [0.25, 0.3) is 0 Å². The zero-order valence-corrected chi connectivity index (χ0v) is 18.3. The number of nitrogens with two attached hydrogens (primary N) is 1. The minimum absolute atomic E-state index is 0.0234. The summed E-state index contributed by atoms with van der Waals surface area (Å²) in [4.78, 5) is 11.3. The van der Waals surface area contributed by atoms with Crippen LogP contribution in [0.25, 0.3) is 11.2 Å². The molecule has 1 atom stereocenters. The summed E-state index contributed by atoms with van der Waals surface area (Å²) in [7, 11) is 6.04. The third-order valence-electron chi connectivity index (χ3n) is 5.57. The van der Waals surface area contributed by atoms with Crippen molar-refractivity contribution in [1.82, 2.24) is 24.8 Å². The zero-order chi connectivity index (χ0) is 22.2. The highest BCUT2D eigenvalue weighted by Crippen LogP contribution is 2.36. The molecule has 1 aliphatic heterocycles. The van der Waals surface area contributed by atoms with E-state index in [-0.39, 0.29) is 6.04 Å². The second-order valence-corrected chi connectivity index (χ2v) is 8.11. The molecule has 1 aliphatic rings. The lowest BCUT2D eigenvalue weighted by Crippen LogP contribution is -2.27. The number of aromatic nitrogens is 3. The van der Waals surface area contributed by atoms with E-state index < -0.39 is 0 Å². The molecule has 8 heteroatoms. The Morgan fingerprint density at radius 2 is 1.94 bits per heavy atom. The number of nitrogens with zero attached hydrogens (tertiary/aromatic N) is 5. The SMILES string of the molecule is CN1C=C(c2cnc3c(Nc4cccc(N(C)C)c4)nccn23)C(c2cccc(N)c2)N1. The summed E-state index contributed by atoms with van der Waals surface area (Å²) < 4.78 is 2.07. The molecule has 0 bridgehead atoms. The molecule has 3 heterocycles. The van der Waals surface area contributed by atoms with Gasteiger partial charge in [0.1, 0.15) is 0 Å². The molecule has 1 unspecified atom stereocenters. The van der Waals surface area contributed by atoms with Crippen molar-refractivity contribution in [3.05, 3.63) is 84.6 Å². The normalized spacial score (nSPS) is 15.8. The van der Waals surface area contributed by atoms with E-state index in [9.17, 15) is 0 Å². The van der Waals surface area contributed by atoms with Crippen LogP contribution in [0.2, 0.25) is 0 Å². The molecular formula is C24H26N8. The quantitative estimate of drug-likeness (QED) is 0.420. The Bertz CT molecular complexity index is 1310. The van der Waals surface area contributed by atoms with Gasteiger partial charge in [0.15, 0.2) is 11.5 Å². The summed E-state index contributed by atoms with van der Waals surface area (Å²) in [5, 5.41) is 5.39. The van der Waals surface area contributed by atoms with Crippen LogP contribution < -0.4 is 21.4 Å². The van der Waals surface area contributed by atoms with Gasteiger partial charge in [-0.25, -0.2) is 15.4 Å². The third-order valence-corrected chi connectivity index (χ3v) is 5.57. The van der Waals surface area contributed by atoms with Crippen molar-refractivity contribution in [2.24, 2.45) is 0 Å². The number of anilines is 4. The van der Waals surface area contributed by atoms with E-state index in [1.54, 1.807) is 6.20 Å². The molecule has 0 saturated heterocycles. The van der Waals surface area contributed by atoms with Gasteiger partial charge < -0.3 is 21.0 Å². The molecule has 0 amide bonds. The number of rotatable bonds is 5. The molecule has 5 rings (SSSR count). The van der Waals surface area contributed by atoms with Gasteiger partial charge in [-0.3, -0.25) is 4.40 Å². The maximum absolute atomic E-state index is 6.04. The molecule has 0 fully saturated rings. The maximum Gasteiger partial charge on any atom is 0.180 e. The van der Waals surface area contributed by atoms with Crippen molar-refractivity contribution in [3.8, 4) is 0 Å². The number of fused-ring (bicyclic) bond motifs is 1. The summed E-state index contributed by atoms with van der Waals surface area (Å²) >= 11 is 0. The maximum atomic E-state index is 6.04. The number of hydrogen-bond donors (Lipinski definition) is 3. The lowest BCUT2D eigenvalue weighted by Gasteiger charge is -2.18. The number of hydrazine groups is 1. The summed E-state index contributed by atoms with van der Waals surface area (Å²) in [6.45, 7) is 0. The Morgan fingerprint density at radius 3 is 2.75 bits per heavy atom. The van der Waals surface area contributed by atoms with Gasteiger partial charge in [0.2, 0.25) is 0 Å². The van der Waals surface area contributed by atoms with E-state index >= 15 is 0 Å². The minimum Gasteiger partial charge on any atom is -0.399 e. The molecule has 32 heavy (non-hydrogen) atoms. The Kier molecular flexibility index (Phi) is 4.91. The predicted octanol–water partition coefficient (Wildman–Crippen LogP) is 3.65. The van der Waals surface area contributed by atoms with Crippen molar-refractivity contribution < 1.29 is 0 Å². The van der Waals surface area contributed by atoms with E-state index in [0.29, 0.717) is 5.82 Å². The van der Waals surface area contributed by atoms with Gasteiger partial charge >= 0.3 is 0 Å². The molecule has 2 aromatic heterocycles. The molecule has 4 N–H and O–H groups in total. The molecular weight excluding hydrogens is 400 g/mol. The van der Waals surface area contributed by atoms with Crippen LogP contribution in [0.4, 0.5) is 22.9 Å². The smallest absolute Gasteiger partial charge is 0.180 e. The fraction of sp³-hybridized carbons (Fsp3) is 0.167. The highest BCUT2D eigenvalue weighted by Gasteiger charge is 2.27. The van der Waals surface area contributed by atoms with Crippen molar-refractivity contribution in [2.45, 2.75) is 6.04 Å². The molecule has 162 valence electrons. The lowest BCUT2D eigenvalue weighted by atomic mass is 9.98. The Morgan fingerprint density at radius 1 is 1.09 bits per heavy atom. The Hall–Kier alpha value is -4.04. The van der Waals surface area contributed by atoms with Gasteiger partial charge in [0, 0.05) is 62.4 Å². The van der Waals surface area contributed by atoms with Crippen LogP contribution in [0, 0.1) is 0 Å². The Balaban J connectivity index is 1.53. The van der Waals surface area contributed by atoms with E-state index in [1.807, 2.05) is 68.9 Å². The second kappa shape index (κ2) is 7.90. The average Bonchev–Trinajstić information content (AvgIpc) is 3.38. The number of benzene rings is 2. The van der Waals surface area contributed by atoms with Gasteiger partial charge in [-0.1, -0.05) is 18.2 Å². The first-order chi connectivity index (χ1) is 15.5. The van der Waals surface area contributed by atoms with Crippen LogP contribution in [0.1, 0.15) is 17.3 Å². The van der Waals surface area contributed by atoms with Crippen LogP contribution in [0.15, 0.2) is 73.3 Å². The van der Waals surface area contributed by atoms with Crippen LogP contribution in [0.3, 0.4) is 0 Å². The standard InChI is InChI=1S/C24H26N8/c1-30(2)19-9-5-8-18(13-19)28-23-24-27-14-21(32(24)11-10-26-23)20-15-31(3)29-22(20)16-6-4-7-17(25)12-16/h4-15,22,29H,25H2,1-3H3,(H,26,28). The first kappa shape index (κ1) is 19.9. The summed E-state index contributed by atoms with van der Waals surface area (Å²) in [6, 6.07) is 16.1. The third kappa shape index (κ3) is 3.61. The summed E-state index contributed by atoms with van der Waals surface area (Å²) in [5.74, 6) is 0.704. The molecule has 0 saturated carbocycles. The highest BCUT2D eigenvalue weighted by molar-refractivity contribution is 5.77. The number of hydrogen-bond acceptors (Lipinski definition) is 7.